The maximum absolute atomic E-state index is 12.5. The minimum Gasteiger partial charge on any atom is -0.393 e. The number of carbonyl (C=O) groups is 1. The lowest BCUT2D eigenvalue weighted by atomic mass is 9.83. The molecular formula is C13H22N2O2. The molecule has 1 saturated heterocycles. The van der Waals surface area contributed by atoms with E-state index < -0.39 is 0 Å². The van der Waals surface area contributed by atoms with Gasteiger partial charge in [-0.15, -0.1) is 0 Å². The van der Waals surface area contributed by atoms with Crippen LogP contribution in [0.2, 0.25) is 0 Å². The standard InChI is InChI=1S/C13H22N2O2/c14-12-9-2-1-8(7-9)11(12)13(17)15-5-3-10(16)4-6-15/h8-12,16H,1-7,14H2. The molecule has 0 spiro atoms. The first-order valence-electron chi connectivity index (χ1n) is 6.89. The van der Waals surface area contributed by atoms with Gasteiger partial charge in [0.15, 0.2) is 0 Å². The lowest BCUT2D eigenvalue weighted by Crippen LogP contribution is -2.49. The molecule has 0 aromatic carbocycles. The SMILES string of the molecule is NC1C2CCC(C2)C1C(=O)N1CCC(O)CC1. The average molecular weight is 238 g/mol. The van der Waals surface area contributed by atoms with Crippen LogP contribution in [-0.4, -0.2) is 41.1 Å². The monoisotopic (exact) mass is 238 g/mol. The van der Waals surface area contributed by atoms with Crippen molar-refractivity contribution in [2.75, 3.05) is 13.1 Å². The first-order chi connectivity index (χ1) is 8.16. The highest BCUT2D eigenvalue weighted by molar-refractivity contribution is 5.80. The average Bonchev–Trinajstić information content (AvgIpc) is 2.89. The minimum atomic E-state index is -0.215. The van der Waals surface area contributed by atoms with Gasteiger partial charge in [0.25, 0.3) is 0 Å². The number of aliphatic hydroxyl groups is 1. The van der Waals surface area contributed by atoms with Gasteiger partial charge in [0.05, 0.1) is 12.0 Å². The van der Waals surface area contributed by atoms with Gasteiger partial charge in [-0.25, -0.2) is 0 Å². The summed E-state index contributed by atoms with van der Waals surface area (Å²) in [6.45, 7) is 1.42. The van der Waals surface area contributed by atoms with E-state index in [0.29, 0.717) is 24.9 Å². The summed E-state index contributed by atoms with van der Waals surface area (Å²) in [5.41, 5.74) is 6.20. The molecule has 3 rings (SSSR count). The lowest BCUT2D eigenvalue weighted by molar-refractivity contribution is -0.139. The Morgan fingerprint density at radius 1 is 1.12 bits per heavy atom. The molecule has 96 valence electrons. The van der Waals surface area contributed by atoms with Crippen molar-refractivity contribution in [1.82, 2.24) is 4.90 Å². The summed E-state index contributed by atoms with van der Waals surface area (Å²) >= 11 is 0. The number of carbonyl (C=O) groups excluding carboxylic acids is 1. The van der Waals surface area contributed by atoms with Gasteiger partial charge < -0.3 is 15.7 Å². The van der Waals surface area contributed by atoms with Crippen LogP contribution in [-0.2, 0) is 4.79 Å². The summed E-state index contributed by atoms with van der Waals surface area (Å²) in [6.07, 6.45) is 4.80. The number of nitrogens with zero attached hydrogens (tertiary/aromatic N) is 1. The van der Waals surface area contributed by atoms with Gasteiger partial charge >= 0.3 is 0 Å². The van der Waals surface area contributed by atoms with Crippen LogP contribution in [0, 0.1) is 17.8 Å². The van der Waals surface area contributed by atoms with Crippen LogP contribution in [0.5, 0.6) is 0 Å². The van der Waals surface area contributed by atoms with E-state index in [1.807, 2.05) is 4.90 Å². The number of fused-ring (bicyclic) bond motifs is 2. The predicted octanol–water partition coefficient (Wildman–Crippen LogP) is 0.343. The fraction of sp³-hybridized carbons (Fsp3) is 0.923. The quantitative estimate of drug-likeness (QED) is 0.692. The van der Waals surface area contributed by atoms with E-state index in [4.69, 9.17) is 5.73 Å². The van der Waals surface area contributed by atoms with Crippen LogP contribution in [0.3, 0.4) is 0 Å². The molecule has 0 aromatic rings. The summed E-state index contributed by atoms with van der Waals surface area (Å²) < 4.78 is 0. The van der Waals surface area contributed by atoms with Gasteiger partial charge in [-0.1, -0.05) is 0 Å². The summed E-state index contributed by atoms with van der Waals surface area (Å²) in [6, 6.07) is 0.0908. The number of likely N-dealkylation sites (tertiary alicyclic amines) is 1. The molecule has 1 aliphatic heterocycles. The summed E-state index contributed by atoms with van der Waals surface area (Å²) in [4.78, 5) is 14.4. The normalized spacial score (nSPS) is 42.1. The van der Waals surface area contributed by atoms with Crippen LogP contribution in [0.15, 0.2) is 0 Å². The second-order valence-corrected chi connectivity index (χ2v) is 5.99. The Morgan fingerprint density at radius 2 is 1.76 bits per heavy atom. The van der Waals surface area contributed by atoms with Crippen molar-refractivity contribution in [2.45, 2.75) is 44.2 Å². The van der Waals surface area contributed by atoms with E-state index in [-0.39, 0.29) is 24.0 Å². The Labute approximate surface area is 102 Å². The van der Waals surface area contributed by atoms with Gasteiger partial charge in [-0.2, -0.15) is 0 Å². The Morgan fingerprint density at radius 3 is 2.35 bits per heavy atom. The van der Waals surface area contributed by atoms with Crippen LogP contribution in [0.25, 0.3) is 0 Å². The molecule has 0 radical (unpaired) electrons. The number of hydrogen-bond acceptors (Lipinski definition) is 3. The predicted molar refractivity (Wildman–Crippen MR) is 64.1 cm³/mol. The van der Waals surface area contributed by atoms with Crippen LogP contribution in [0.1, 0.15) is 32.1 Å². The summed E-state index contributed by atoms with van der Waals surface area (Å²) in [7, 11) is 0. The largest absolute Gasteiger partial charge is 0.393 e. The zero-order chi connectivity index (χ0) is 12.0. The number of nitrogens with two attached hydrogens (primary N) is 1. The van der Waals surface area contributed by atoms with Crippen molar-refractivity contribution in [3.8, 4) is 0 Å². The first-order valence-corrected chi connectivity index (χ1v) is 6.89. The van der Waals surface area contributed by atoms with Gasteiger partial charge in [0, 0.05) is 19.1 Å². The molecule has 2 bridgehead atoms. The minimum absolute atomic E-state index is 0.0731. The molecule has 1 amide bonds. The molecule has 2 saturated carbocycles. The number of hydrogen-bond donors (Lipinski definition) is 2. The number of amides is 1. The van der Waals surface area contributed by atoms with Gasteiger partial charge in [0.1, 0.15) is 0 Å². The van der Waals surface area contributed by atoms with Crippen LogP contribution >= 0.6 is 0 Å². The highest BCUT2D eigenvalue weighted by atomic mass is 16.3. The number of piperidine rings is 1. The third-order valence-corrected chi connectivity index (χ3v) is 5.04. The smallest absolute Gasteiger partial charge is 0.227 e. The third-order valence-electron chi connectivity index (χ3n) is 5.04. The van der Waals surface area contributed by atoms with E-state index in [9.17, 15) is 9.90 Å². The summed E-state index contributed by atoms with van der Waals surface area (Å²) in [5, 5.41) is 9.47. The molecule has 1 heterocycles. The Hall–Kier alpha value is -0.610. The molecular weight excluding hydrogens is 216 g/mol. The Bertz CT molecular complexity index is 311. The molecule has 4 unspecified atom stereocenters. The summed E-state index contributed by atoms with van der Waals surface area (Å²) in [5.74, 6) is 1.46. The van der Waals surface area contributed by atoms with Gasteiger partial charge in [0.2, 0.25) is 5.91 Å². The highest BCUT2D eigenvalue weighted by Gasteiger charge is 2.50. The third kappa shape index (κ3) is 1.87. The maximum atomic E-state index is 12.5. The molecule has 2 aliphatic carbocycles. The van der Waals surface area contributed by atoms with Crippen LogP contribution < -0.4 is 5.73 Å². The zero-order valence-corrected chi connectivity index (χ0v) is 10.2. The maximum Gasteiger partial charge on any atom is 0.227 e. The molecule has 3 fully saturated rings. The van der Waals surface area contributed by atoms with Crippen LogP contribution in [0.4, 0.5) is 0 Å². The van der Waals surface area contributed by atoms with E-state index >= 15 is 0 Å². The molecule has 4 atom stereocenters. The van der Waals surface area contributed by atoms with E-state index in [1.165, 1.54) is 12.8 Å². The number of aliphatic hydroxyl groups excluding tert-OH is 1. The molecule has 4 nitrogen and oxygen atoms in total. The second-order valence-electron chi connectivity index (χ2n) is 5.99. The van der Waals surface area contributed by atoms with Gasteiger partial charge in [-0.05, 0) is 43.9 Å². The molecule has 3 N–H and O–H groups in total. The van der Waals surface area contributed by atoms with E-state index in [1.54, 1.807) is 0 Å². The van der Waals surface area contributed by atoms with Crippen molar-refractivity contribution < 1.29 is 9.90 Å². The first kappa shape index (κ1) is 11.5. The van der Waals surface area contributed by atoms with Crippen molar-refractivity contribution in [1.29, 1.82) is 0 Å². The topological polar surface area (TPSA) is 66.6 Å². The zero-order valence-electron chi connectivity index (χ0n) is 10.2. The molecule has 17 heavy (non-hydrogen) atoms. The Kier molecular flexibility index (Phi) is 2.87. The molecule has 0 aromatic heterocycles. The van der Waals surface area contributed by atoms with Crippen molar-refractivity contribution >= 4 is 5.91 Å². The van der Waals surface area contributed by atoms with Gasteiger partial charge in [-0.3, -0.25) is 4.79 Å². The number of rotatable bonds is 1. The highest BCUT2D eigenvalue weighted by Crippen LogP contribution is 2.48. The van der Waals surface area contributed by atoms with E-state index in [2.05, 4.69) is 0 Å². The Balaban J connectivity index is 1.66. The molecule has 3 aliphatic rings. The fourth-order valence-electron chi connectivity index (χ4n) is 4.00. The van der Waals surface area contributed by atoms with Crippen molar-refractivity contribution in [3.63, 3.8) is 0 Å². The van der Waals surface area contributed by atoms with E-state index in [0.717, 1.165) is 19.3 Å². The van der Waals surface area contributed by atoms with Crippen molar-refractivity contribution in [3.05, 3.63) is 0 Å². The van der Waals surface area contributed by atoms with Crippen molar-refractivity contribution in [2.24, 2.45) is 23.5 Å². The molecule has 4 heteroatoms. The fourth-order valence-corrected chi connectivity index (χ4v) is 4.00. The lowest BCUT2D eigenvalue weighted by Gasteiger charge is -2.35. The second kappa shape index (κ2) is 4.25.